The molecule has 2 rings (SSSR count). The molecule has 0 radical (unpaired) electrons. The Hall–Kier alpha value is -2.04. The van der Waals surface area contributed by atoms with Crippen molar-refractivity contribution in [2.75, 3.05) is 6.54 Å². The number of amides is 1. The van der Waals surface area contributed by atoms with Gasteiger partial charge >= 0.3 is 0 Å². The van der Waals surface area contributed by atoms with E-state index in [1.807, 2.05) is 0 Å². The highest BCUT2D eigenvalue weighted by atomic mass is 16.4. The summed E-state index contributed by atoms with van der Waals surface area (Å²) in [5.41, 5.74) is 0.762. The van der Waals surface area contributed by atoms with Crippen molar-refractivity contribution in [2.24, 2.45) is 0 Å². The van der Waals surface area contributed by atoms with Crippen molar-refractivity contribution < 1.29 is 9.21 Å². The van der Waals surface area contributed by atoms with Crippen molar-refractivity contribution in [3.8, 4) is 11.5 Å². The van der Waals surface area contributed by atoms with Crippen LogP contribution in [0.3, 0.4) is 0 Å². The fourth-order valence-electron chi connectivity index (χ4n) is 1.46. The van der Waals surface area contributed by atoms with Gasteiger partial charge in [-0.3, -0.25) is 9.89 Å². The highest BCUT2D eigenvalue weighted by Crippen LogP contribution is 2.19. The predicted octanol–water partition coefficient (Wildman–Crippen LogP) is 2.20. The molecule has 2 heterocycles. The number of nitrogens with zero attached hydrogens (tertiary/aromatic N) is 1. The summed E-state index contributed by atoms with van der Waals surface area (Å²) in [6.45, 7) is 2.75. The third-order valence-corrected chi connectivity index (χ3v) is 2.41. The average molecular weight is 233 g/mol. The lowest BCUT2D eigenvalue weighted by atomic mass is 10.3. The molecule has 0 aliphatic carbocycles. The number of carbonyl (C=O) groups excluding carboxylic acids is 1. The second kappa shape index (κ2) is 5.34. The first-order valence-corrected chi connectivity index (χ1v) is 5.69. The van der Waals surface area contributed by atoms with E-state index in [-0.39, 0.29) is 5.91 Å². The van der Waals surface area contributed by atoms with Gasteiger partial charge in [-0.15, -0.1) is 0 Å². The number of nitrogens with one attached hydrogen (secondary N) is 2. The van der Waals surface area contributed by atoms with E-state index in [0.717, 1.165) is 18.5 Å². The van der Waals surface area contributed by atoms with E-state index in [9.17, 15) is 4.79 Å². The molecular weight excluding hydrogens is 218 g/mol. The summed E-state index contributed by atoms with van der Waals surface area (Å²) in [5.74, 6) is 0.762. The van der Waals surface area contributed by atoms with Crippen LogP contribution >= 0.6 is 0 Å². The van der Waals surface area contributed by atoms with Crippen LogP contribution in [0.2, 0.25) is 0 Å². The zero-order valence-electron chi connectivity index (χ0n) is 9.69. The van der Waals surface area contributed by atoms with E-state index in [1.54, 1.807) is 24.4 Å². The molecule has 5 nitrogen and oxygen atoms in total. The Morgan fingerprint density at radius 3 is 3.06 bits per heavy atom. The SMILES string of the molecule is CCCCNC(=O)c1ccc(-c2ccn[nH]2)o1. The van der Waals surface area contributed by atoms with Crippen molar-refractivity contribution in [2.45, 2.75) is 19.8 Å². The average Bonchev–Trinajstić information content (AvgIpc) is 3.00. The fraction of sp³-hybridized carbons (Fsp3) is 0.333. The smallest absolute Gasteiger partial charge is 0.287 e. The van der Waals surface area contributed by atoms with Gasteiger partial charge < -0.3 is 9.73 Å². The number of rotatable bonds is 5. The lowest BCUT2D eigenvalue weighted by molar-refractivity contribution is 0.0926. The van der Waals surface area contributed by atoms with Crippen molar-refractivity contribution in [3.63, 3.8) is 0 Å². The molecule has 0 fully saturated rings. The van der Waals surface area contributed by atoms with E-state index in [1.165, 1.54) is 0 Å². The number of hydrogen-bond donors (Lipinski definition) is 2. The largest absolute Gasteiger partial charge is 0.449 e. The Bertz CT molecular complexity index is 474. The van der Waals surface area contributed by atoms with Crippen LogP contribution in [0.5, 0.6) is 0 Å². The quantitative estimate of drug-likeness (QED) is 0.778. The fourth-order valence-corrected chi connectivity index (χ4v) is 1.46. The van der Waals surface area contributed by atoms with Crippen molar-refractivity contribution in [1.29, 1.82) is 0 Å². The lowest BCUT2D eigenvalue weighted by Gasteiger charge is -2.00. The van der Waals surface area contributed by atoms with Gasteiger partial charge in [0.05, 0.1) is 0 Å². The Labute approximate surface area is 99.2 Å². The Balaban J connectivity index is 2.01. The van der Waals surface area contributed by atoms with Gasteiger partial charge in [-0.2, -0.15) is 5.10 Å². The first-order valence-electron chi connectivity index (χ1n) is 5.69. The molecule has 0 atom stereocenters. The van der Waals surface area contributed by atoms with E-state index < -0.39 is 0 Å². The molecule has 5 heteroatoms. The molecule has 0 saturated carbocycles. The van der Waals surface area contributed by atoms with Crippen molar-refractivity contribution in [1.82, 2.24) is 15.5 Å². The van der Waals surface area contributed by atoms with Crippen LogP contribution in [-0.4, -0.2) is 22.6 Å². The normalized spacial score (nSPS) is 10.4. The number of carbonyl (C=O) groups is 1. The van der Waals surface area contributed by atoms with Gasteiger partial charge in [0.2, 0.25) is 0 Å². The molecule has 1 amide bonds. The first kappa shape index (κ1) is 11.4. The van der Waals surface area contributed by atoms with Gasteiger partial charge in [-0.05, 0) is 24.6 Å². The summed E-state index contributed by atoms with van der Waals surface area (Å²) in [4.78, 5) is 11.7. The maximum Gasteiger partial charge on any atom is 0.287 e. The topological polar surface area (TPSA) is 70.9 Å². The van der Waals surface area contributed by atoms with Crippen LogP contribution in [0.15, 0.2) is 28.8 Å². The van der Waals surface area contributed by atoms with Gasteiger partial charge in [0.25, 0.3) is 5.91 Å². The molecule has 0 aliphatic rings. The molecule has 90 valence electrons. The number of aromatic amines is 1. The maximum absolute atomic E-state index is 11.7. The molecule has 0 unspecified atom stereocenters. The minimum atomic E-state index is -0.177. The third kappa shape index (κ3) is 2.75. The second-order valence-electron chi connectivity index (χ2n) is 3.74. The molecule has 2 aromatic heterocycles. The van der Waals surface area contributed by atoms with Gasteiger partial charge in [-0.25, -0.2) is 0 Å². The summed E-state index contributed by atoms with van der Waals surface area (Å²) in [6.07, 6.45) is 3.66. The lowest BCUT2D eigenvalue weighted by Crippen LogP contribution is -2.23. The van der Waals surface area contributed by atoms with E-state index in [2.05, 4.69) is 22.4 Å². The summed E-state index contributed by atoms with van der Waals surface area (Å²) >= 11 is 0. The molecule has 0 spiro atoms. The Morgan fingerprint density at radius 2 is 2.35 bits per heavy atom. The third-order valence-electron chi connectivity index (χ3n) is 2.41. The number of unbranched alkanes of at least 4 members (excludes halogenated alkanes) is 1. The van der Waals surface area contributed by atoms with Crippen molar-refractivity contribution >= 4 is 5.91 Å². The van der Waals surface area contributed by atoms with Gasteiger partial charge in [-0.1, -0.05) is 13.3 Å². The number of H-pyrrole nitrogens is 1. The molecule has 0 aromatic carbocycles. The van der Waals surface area contributed by atoms with Gasteiger partial charge in [0, 0.05) is 12.7 Å². The minimum absolute atomic E-state index is 0.177. The number of hydrogen-bond acceptors (Lipinski definition) is 3. The minimum Gasteiger partial charge on any atom is -0.449 e. The van der Waals surface area contributed by atoms with E-state index in [0.29, 0.717) is 18.1 Å². The first-order chi connectivity index (χ1) is 8.31. The van der Waals surface area contributed by atoms with Gasteiger partial charge in [0.15, 0.2) is 11.5 Å². The molecule has 0 saturated heterocycles. The Morgan fingerprint density at radius 1 is 1.47 bits per heavy atom. The van der Waals surface area contributed by atoms with Crippen LogP contribution in [0, 0.1) is 0 Å². The molecule has 0 bridgehead atoms. The molecule has 2 N–H and O–H groups in total. The van der Waals surface area contributed by atoms with E-state index in [4.69, 9.17) is 4.42 Å². The zero-order chi connectivity index (χ0) is 12.1. The summed E-state index contributed by atoms with van der Waals surface area (Å²) < 4.78 is 5.44. The highest BCUT2D eigenvalue weighted by Gasteiger charge is 2.11. The molecule has 2 aromatic rings. The zero-order valence-corrected chi connectivity index (χ0v) is 9.69. The number of furan rings is 1. The molecular formula is C12H15N3O2. The Kier molecular flexibility index (Phi) is 3.59. The van der Waals surface area contributed by atoms with E-state index >= 15 is 0 Å². The summed E-state index contributed by atoms with van der Waals surface area (Å²) in [5, 5.41) is 9.41. The van der Waals surface area contributed by atoms with Crippen LogP contribution in [-0.2, 0) is 0 Å². The molecule has 0 aliphatic heterocycles. The second-order valence-corrected chi connectivity index (χ2v) is 3.74. The molecule has 17 heavy (non-hydrogen) atoms. The predicted molar refractivity (Wildman–Crippen MR) is 63.5 cm³/mol. The van der Waals surface area contributed by atoms with Crippen LogP contribution in [0.4, 0.5) is 0 Å². The monoisotopic (exact) mass is 233 g/mol. The van der Waals surface area contributed by atoms with Crippen molar-refractivity contribution in [3.05, 3.63) is 30.2 Å². The van der Waals surface area contributed by atoms with Crippen LogP contribution in [0.25, 0.3) is 11.5 Å². The van der Waals surface area contributed by atoms with Crippen LogP contribution < -0.4 is 5.32 Å². The van der Waals surface area contributed by atoms with Gasteiger partial charge in [0.1, 0.15) is 5.69 Å². The van der Waals surface area contributed by atoms with Crippen LogP contribution in [0.1, 0.15) is 30.3 Å². The summed E-state index contributed by atoms with van der Waals surface area (Å²) in [7, 11) is 0. The standard InChI is InChI=1S/C12H15N3O2/c1-2-3-7-13-12(16)11-5-4-10(17-11)9-6-8-14-15-9/h4-6,8H,2-3,7H2,1H3,(H,13,16)(H,14,15). The summed E-state index contributed by atoms with van der Waals surface area (Å²) in [6, 6.07) is 5.21. The highest BCUT2D eigenvalue weighted by molar-refractivity contribution is 5.91. The number of aromatic nitrogens is 2. The maximum atomic E-state index is 11.7.